The zero-order chi connectivity index (χ0) is 14.5. The molecule has 0 aromatic carbocycles. The number of hydrogen-bond donors (Lipinski definition) is 2. The summed E-state index contributed by atoms with van der Waals surface area (Å²) in [4.78, 5) is 8.15. The summed E-state index contributed by atoms with van der Waals surface area (Å²) >= 11 is 0. The SMILES string of the molecule is CCOc1ncnc(NCc2cn(C)nc2CC)c1N. The van der Waals surface area contributed by atoms with Crippen LogP contribution in [0, 0.1) is 0 Å². The number of ether oxygens (including phenoxy) is 1. The smallest absolute Gasteiger partial charge is 0.242 e. The summed E-state index contributed by atoms with van der Waals surface area (Å²) in [7, 11) is 1.91. The van der Waals surface area contributed by atoms with Gasteiger partial charge in [-0.05, 0) is 13.3 Å². The molecular formula is C13H20N6O. The monoisotopic (exact) mass is 276 g/mol. The lowest BCUT2D eigenvalue weighted by molar-refractivity contribution is 0.328. The second kappa shape index (κ2) is 6.23. The molecule has 0 saturated heterocycles. The molecule has 0 aliphatic heterocycles. The average molecular weight is 276 g/mol. The molecule has 2 aromatic rings. The maximum atomic E-state index is 5.98. The van der Waals surface area contributed by atoms with Crippen molar-refractivity contribution in [3.63, 3.8) is 0 Å². The van der Waals surface area contributed by atoms with Gasteiger partial charge < -0.3 is 15.8 Å². The van der Waals surface area contributed by atoms with E-state index in [4.69, 9.17) is 10.5 Å². The number of nitrogen functional groups attached to an aromatic ring is 1. The van der Waals surface area contributed by atoms with Crippen LogP contribution in [0.3, 0.4) is 0 Å². The summed E-state index contributed by atoms with van der Waals surface area (Å²) in [5.74, 6) is 0.987. The van der Waals surface area contributed by atoms with Gasteiger partial charge in [0.05, 0.1) is 12.3 Å². The predicted molar refractivity (Wildman–Crippen MR) is 77.5 cm³/mol. The van der Waals surface area contributed by atoms with Gasteiger partial charge in [0.1, 0.15) is 12.0 Å². The summed E-state index contributed by atoms with van der Waals surface area (Å²) < 4.78 is 7.16. The summed E-state index contributed by atoms with van der Waals surface area (Å²) in [6, 6.07) is 0. The van der Waals surface area contributed by atoms with E-state index in [0.717, 1.165) is 17.7 Å². The Kier molecular flexibility index (Phi) is 4.39. The summed E-state index contributed by atoms with van der Waals surface area (Å²) in [5.41, 5.74) is 8.60. The first-order valence-electron chi connectivity index (χ1n) is 6.64. The summed E-state index contributed by atoms with van der Waals surface area (Å²) in [6.45, 7) is 5.10. The van der Waals surface area contributed by atoms with E-state index in [2.05, 4.69) is 27.3 Å². The van der Waals surface area contributed by atoms with E-state index in [-0.39, 0.29) is 0 Å². The van der Waals surface area contributed by atoms with Crippen molar-refractivity contribution >= 4 is 11.5 Å². The largest absolute Gasteiger partial charge is 0.476 e. The minimum atomic E-state index is 0.409. The van der Waals surface area contributed by atoms with Crippen LogP contribution in [0.2, 0.25) is 0 Å². The molecule has 2 rings (SSSR count). The number of anilines is 2. The highest BCUT2D eigenvalue weighted by Crippen LogP contribution is 2.25. The fraction of sp³-hybridized carbons (Fsp3) is 0.462. The van der Waals surface area contributed by atoms with Crippen molar-refractivity contribution in [2.75, 3.05) is 17.7 Å². The molecule has 0 saturated carbocycles. The predicted octanol–water partition coefficient (Wildman–Crippen LogP) is 1.37. The van der Waals surface area contributed by atoms with E-state index in [9.17, 15) is 0 Å². The van der Waals surface area contributed by atoms with Crippen LogP contribution in [0.4, 0.5) is 11.5 Å². The van der Waals surface area contributed by atoms with E-state index in [1.165, 1.54) is 6.33 Å². The zero-order valence-electron chi connectivity index (χ0n) is 12.1. The minimum absolute atomic E-state index is 0.409. The number of hydrogen-bond acceptors (Lipinski definition) is 6. The molecule has 3 N–H and O–H groups in total. The van der Waals surface area contributed by atoms with Gasteiger partial charge in [0.2, 0.25) is 5.88 Å². The van der Waals surface area contributed by atoms with Gasteiger partial charge in [0.25, 0.3) is 0 Å². The van der Waals surface area contributed by atoms with Crippen molar-refractivity contribution in [3.8, 4) is 5.88 Å². The molecule has 0 amide bonds. The van der Waals surface area contributed by atoms with Crippen LogP contribution < -0.4 is 15.8 Å². The summed E-state index contributed by atoms with van der Waals surface area (Å²) in [6.07, 6.45) is 4.32. The molecule has 0 spiro atoms. The number of nitrogens with one attached hydrogen (secondary N) is 1. The first-order chi connectivity index (χ1) is 9.65. The van der Waals surface area contributed by atoms with Gasteiger partial charge in [0, 0.05) is 25.4 Å². The van der Waals surface area contributed by atoms with E-state index >= 15 is 0 Å². The van der Waals surface area contributed by atoms with Crippen LogP contribution >= 0.6 is 0 Å². The highest BCUT2D eigenvalue weighted by molar-refractivity contribution is 5.66. The maximum absolute atomic E-state index is 5.98. The average Bonchev–Trinajstić information content (AvgIpc) is 2.80. The molecule has 2 heterocycles. The fourth-order valence-electron chi connectivity index (χ4n) is 1.98. The third-order valence-electron chi connectivity index (χ3n) is 2.90. The normalized spacial score (nSPS) is 10.6. The van der Waals surface area contributed by atoms with Crippen LogP contribution in [-0.4, -0.2) is 26.4 Å². The molecule has 2 aromatic heterocycles. The van der Waals surface area contributed by atoms with Crippen LogP contribution in [0.25, 0.3) is 0 Å². The Morgan fingerprint density at radius 1 is 1.35 bits per heavy atom. The van der Waals surface area contributed by atoms with Crippen LogP contribution in [0.15, 0.2) is 12.5 Å². The first-order valence-corrected chi connectivity index (χ1v) is 6.64. The maximum Gasteiger partial charge on any atom is 0.242 e. The Hall–Kier alpha value is -2.31. The van der Waals surface area contributed by atoms with Gasteiger partial charge in [-0.15, -0.1) is 0 Å². The highest BCUT2D eigenvalue weighted by atomic mass is 16.5. The van der Waals surface area contributed by atoms with Gasteiger partial charge in [-0.3, -0.25) is 4.68 Å². The quantitative estimate of drug-likeness (QED) is 0.828. The molecule has 108 valence electrons. The number of aromatic nitrogens is 4. The second-order valence-electron chi connectivity index (χ2n) is 4.36. The number of nitrogens with two attached hydrogens (primary N) is 1. The lowest BCUT2D eigenvalue weighted by Gasteiger charge is -2.10. The van der Waals surface area contributed by atoms with Gasteiger partial charge in [-0.2, -0.15) is 10.1 Å². The molecule has 0 radical (unpaired) electrons. The van der Waals surface area contributed by atoms with Crippen molar-refractivity contribution in [1.82, 2.24) is 19.7 Å². The molecule has 0 atom stereocenters. The van der Waals surface area contributed by atoms with Gasteiger partial charge in [0.15, 0.2) is 5.82 Å². The van der Waals surface area contributed by atoms with Crippen molar-refractivity contribution in [3.05, 3.63) is 23.8 Å². The topological polar surface area (TPSA) is 90.9 Å². The Morgan fingerprint density at radius 3 is 2.85 bits per heavy atom. The van der Waals surface area contributed by atoms with Crippen molar-refractivity contribution in [1.29, 1.82) is 0 Å². The zero-order valence-corrected chi connectivity index (χ0v) is 12.1. The van der Waals surface area contributed by atoms with E-state index in [1.54, 1.807) is 0 Å². The molecule has 0 unspecified atom stereocenters. The van der Waals surface area contributed by atoms with Gasteiger partial charge in [-0.1, -0.05) is 6.92 Å². The molecule has 0 aliphatic rings. The molecule has 20 heavy (non-hydrogen) atoms. The Morgan fingerprint density at radius 2 is 2.15 bits per heavy atom. The number of aryl methyl sites for hydroxylation is 2. The molecule has 7 nitrogen and oxygen atoms in total. The molecule has 0 bridgehead atoms. The third kappa shape index (κ3) is 2.98. The first kappa shape index (κ1) is 14.1. The Labute approximate surface area is 118 Å². The molecular weight excluding hydrogens is 256 g/mol. The number of nitrogens with zero attached hydrogens (tertiary/aromatic N) is 4. The Bertz CT molecular complexity index is 580. The number of rotatable bonds is 6. The second-order valence-corrected chi connectivity index (χ2v) is 4.36. The lowest BCUT2D eigenvalue weighted by Crippen LogP contribution is -2.08. The molecule has 0 fully saturated rings. The van der Waals surface area contributed by atoms with Crippen LogP contribution in [-0.2, 0) is 20.0 Å². The third-order valence-corrected chi connectivity index (χ3v) is 2.90. The van der Waals surface area contributed by atoms with Crippen LogP contribution in [0.1, 0.15) is 25.1 Å². The van der Waals surface area contributed by atoms with Gasteiger partial charge >= 0.3 is 0 Å². The minimum Gasteiger partial charge on any atom is -0.476 e. The Balaban J connectivity index is 2.12. The van der Waals surface area contributed by atoms with Crippen molar-refractivity contribution in [2.45, 2.75) is 26.8 Å². The van der Waals surface area contributed by atoms with Crippen LogP contribution in [0.5, 0.6) is 5.88 Å². The van der Waals surface area contributed by atoms with Crippen molar-refractivity contribution < 1.29 is 4.74 Å². The van der Waals surface area contributed by atoms with Crippen molar-refractivity contribution in [2.24, 2.45) is 7.05 Å². The van der Waals surface area contributed by atoms with E-state index in [1.807, 2.05) is 24.9 Å². The lowest BCUT2D eigenvalue weighted by atomic mass is 10.2. The standard InChI is InChI=1S/C13H20N6O/c1-4-10-9(7-19(3)18-10)6-15-12-11(14)13(20-5-2)17-8-16-12/h7-8H,4-6,14H2,1-3H3,(H,15,16,17). The van der Waals surface area contributed by atoms with E-state index in [0.29, 0.717) is 30.5 Å². The van der Waals surface area contributed by atoms with E-state index < -0.39 is 0 Å². The fourth-order valence-corrected chi connectivity index (χ4v) is 1.98. The molecule has 7 heteroatoms. The highest BCUT2D eigenvalue weighted by Gasteiger charge is 2.10. The summed E-state index contributed by atoms with van der Waals surface area (Å²) in [5, 5.41) is 7.61. The molecule has 0 aliphatic carbocycles. The van der Waals surface area contributed by atoms with Gasteiger partial charge in [-0.25, -0.2) is 4.98 Å².